The largest absolute Gasteiger partial charge is 0.497 e. The predicted octanol–water partition coefficient (Wildman–Crippen LogP) is 4.08. The molecule has 1 aromatic heterocycles. The highest BCUT2D eigenvalue weighted by molar-refractivity contribution is 6.06. The van der Waals surface area contributed by atoms with E-state index in [2.05, 4.69) is 13.8 Å². The van der Waals surface area contributed by atoms with E-state index >= 15 is 0 Å². The van der Waals surface area contributed by atoms with Gasteiger partial charge in [-0.05, 0) is 23.6 Å². The molecular formula is C17H16O3. The number of benzene rings is 2. The third-order valence-electron chi connectivity index (χ3n) is 3.58. The Bertz CT molecular complexity index is 844. The summed E-state index contributed by atoms with van der Waals surface area (Å²) in [4.78, 5) is 12.1. The van der Waals surface area contributed by atoms with E-state index in [0.29, 0.717) is 22.6 Å². The lowest BCUT2D eigenvalue weighted by atomic mass is 9.95. The second-order valence-corrected chi connectivity index (χ2v) is 5.18. The van der Waals surface area contributed by atoms with E-state index < -0.39 is 0 Å². The standard InChI is InChI=1S/C17H16O3/c1-10(2)14-8-11(19-3)9-15-16(14)12-6-4-5-7-13(12)17(18)20-15/h4-10H,1-3H3. The Kier molecular flexibility index (Phi) is 2.97. The zero-order valence-corrected chi connectivity index (χ0v) is 11.8. The first-order chi connectivity index (χ1) is 9.61. The van der Waals surface area contributed by atoms with Crippen molar-refractivity contribution in [3.63, 3.8) is 0 Å². The average molecular weight is 268 g/mol. The van der Waals surface area contributed by atoms with Crippen LogP contribution in [0.2, 0.25) is 0 Å². The van der Waals surface area contributed by atoms with Crippen LogP contribution in [0, 0.1) is 0 Å². The molecule has 0 radical (unpaired) electrons. The van der Waals surface area contributed by atoms with Crippen molar-refractivity contribution < 1.29 is 9.15 Å². The normalized spacial score (nSPS) is 11.4. The van der Waals surface area contributed by atoms with E-state index in [1.165, 1.54) is 0 Å². The van der Waals surface area contributed by atoms with Crippen molar-refractivity contribution in [1.29, 1.82) is 0 Å². The van der Waals surface area contributed by atoms with Crippen LogP contribution < -0.4 is 10.4 Å². The fraction of sp³-hybridized carbons (Fsp3) is 0.235. The van der Waals surface area contributed by atoms with Gasteiger partial charge in [0.25, 0.3) is 0 Å². The van der Waals surface area contributed by atoms with E-state index in [1.807, 2.05) is 24.3 Å². The number of rotatable bonds is 2. The molecule has 0 atom stereocenters. The molecule has 3 nitrogen and oxygen atoms in total. The van der Waals surface area contributed by atoms with E-state index in [-0.39, 0.29) is 5.63 Å². The molecule has 1 heterocycles. The Morgan fingerprint density at radius 3 is 2.45 bits per heavy atom. The SMILES string of the molecule is COc1cc(C(C)C)c2c(c1)oc(=O)c1ccccc12. The molecule has 2 aromatic carbocycles. The molecule has 0 aliphatic carbocycles. The van der Waals surface area contributed by atoms with Crippen LogP contribution in [-0.4, -0.2) is 7.11 Å². The van der Waals surface area contributed by atoms with Crippen LogP contribution in [0.5, 0.6) is 5.75 Å². The van der Waals surface area contributed by atoms with Crippen LogP contribution >= 0.6 is 0 Å². The topological polar surface area (TPSA) is 39.4 Å². The molecule has 0 aliphatic rings. The quantitative estimate of drug-likeness (QED) is 0.519. The summed E-state index contributed by atoms with van der Waals surface area (Å²) >= 11 is 0. The van der Waals surface area contributed by atoms with E-state index in [4.69, 9.17) is 9.15 Å². The smallest absolute Gasteiger partial charge is 0.344 e. The van der Waals surface area contributed by atoms with Crippen molar-refractivity contribution in [3.05, 3.63) is 52.4 Å². The van der Waals surface area contributed by atoms with Crippen LogP contribution in [0.15, 0.2) is 45.6 Å². The summed E-state index contributed by atoms with van der Waals surface area (Å²) < 4.78 is 10.8. The maximum Gasteiger partial charge on any atom is 0.344 e. The molecule has 102 valence electrons. The highest BCUT2D eigenvalue weighted by Gasteiger charge is 2.14. The van der Waals surface area contributed by atoms with Crippen LogP contribution in [0.1, 0.15) is 25.3 Å². The number of methoxy groups -OCH3 is 1. The molecule has 0 bridgehead atoms. The van der Waals surface area contributed by atoms with Crippen molar-refractivity contribution in [2.24, 2.45) is 0 Å². The zero-order chi connectivity index (χ0) is 14.3. The average Bonchev–Trinajstić information content (AvgIpc) is 2.46. The van der Waals surface area contributed by atoms with Crippen molar-refractivity contribution in [2.45, 2.75) is 19.8 Å². The molecule has 0 fully saturated rings. The van der Waals surface area contributed by atoms with Crippen LogP contribution in [-0.2, 0) is 0 Å². The minimum atomic E-state index is -0.309. The van der Waals surface area contributed by atoms with Gasteiger partial charge in [-0.2, -0.15) is 0 Å². The van der Waals surface area contributed by atoms with Crippen molar-refractivity contribution in [1.82, 2.24) is 0 Å². The second-order valence-electron chi connectivity index (χ2n) is 5.18. The van der Waals surface area contributed by atoms with Crippen LogP contribution in [0.25, 0.3) is 21.7 Å². The molecule has 0 amide bonds. The van der Waals surface area contributed by atoms with Gasteiger partial charge in [-0.1, -0.05) is 32.0 Å². The number of ether oxygens (including phenoxy) is 1. The summed E-state index contributed by atoms with van der Waals surface area (Å²) in [5.74, 6) is 1.02. The van der Waals surface area contributed by atoms with Gasteiger partial charge in [-0.25, -0.2) is 4.79 Å². The third-order valence-corrected chi connectivity index (χ3v) is 3.58. The Morgan fingerprint density at radius 2 is 1.80 bits per heavy atom. The van der Waals surface area contributed by atoms with Gasteiger partial charge >= 0.3 is 5.63 Å². The molecule has 0 aliphatic heterocycles. The molecule has 3 rings (SSSR count). The van der Waals surface area contributed by atoms with Gasteiger partial charge in [0.1, 0.15) is 11.3 Å². The first-order valence-electron chi connectivity index (χ1n) is 6.65. The van der Waals surface area contributed by atoms with Crippen molar-refractivity contribution in [3.8, 4) is 5.75 Å². The lowest BCUT2D eigenvalue weighted by Crippen LogP contribution is -2.02. The molecule has 0 saturated heterocycles. The van der Waals surface area contributed by atoms with Gasteiger partial charge in [0.15, 0.2) is 0 Å². The number of fused-ring (bicyclic) bond motifs is 3. The maximum atomic E-state index is 12.1. The minimum absolute atomic E-state index is 0.309. The molecule has 0 N–H and O–H groups in total. The highest BCUT2D eigenvalue weighted by Crippen LogP contribution is 2.34. The summed E-state index contributed by atoms with van der Waals surface area (Å²) in [5.41, 5.74) is 1.40. The van der Waals surface area contributed by atoms with E-state index in [9.17, 15) is 4.79 Å². The second kappa shape index (κ2) is 4.67. The number of hydrogen-bond acceptors (Lipinski definition) is 3. The minimum Gasteiger partial charge on any atom is -0.497 e. The van der Waals surface area contributed by atoms with Crippen molar-refractivity contribution in [2.75, 3.05) is 7.11 Å². The Labute approximate surface area is 116 Å². The van der Waals surface area contributed by atoms with Gasteiger partial charge in [0.05, 0.1) is 12.5 Å². The lowest BCUT2D eigenvalue weighted by molar-refractivity contribution is 0.413. The Balaban J connectivity index is 2.58. The monoisotopic (exact) mass is 268 g/mol. The Hall–Kier alpha value is -2.29. The number of hydrogen-bond donors (Lipinski definition) is 0. The summed E-state index contributed by atoms with van der Waals surface area (Å²) in [6.45, 7) is 4.24. The summed E-state index contributed by atoms with van der Waals surface area (Å²) in [5, 5.41) is 2.55. The Morgan fingerprint density at radius 1 is 1.10 bits per heavy atom. The lowest BCUT2D eigenvalue weighted by Gasteiger charge is -2.13. The molecule has 20 heavy (non-hydrogen) atoms. The first-order valence-corrected chi connectivity index (χ1v) is 6.65. The van der Waals surface area contributed by atoms with E-state index in [0.717, 1.165) is 16.3 Å². The third kappa shape index (κ3) is 1.86. The molecule has 0 spiro atoms. The summed E-state index contributed by atoms with van der Waals surface area (Å²) in [6, 6.07) is 11.3. The fourth-order valence-electron chi connectivity index (χ4n) is 2.59. The van der Waals surface area contributed by atoms with Gasteiger partial charge < -0.3 is 9.15 Å². The van der Waals surface area contributed by atoms with Gasteiger partial charge in [-0.15, -0.1) is 0 Å². The summed E-state index contributed by atoms with van der Waals surface area (Å²) in [7, 11) is 1.62. The molecule has 3 aromatic rings. The molecular weight excluding hydrogens is 252 g/mol. The van der Waals surface area contributed by atoms with Crippen LogP contribution in [0.3, 0.4) is 0 Å². The van der Waals surface area contributed by atoms with Gasteiger partial charge in [-0.3, -0.25) is 0 Å². The zero-order valence-electron chi connectivity index (χ0n) is 11.8. The highest BCUT2D eigenvalue weighted by atomic mass is 16.5. The van der Waals surface area contributed by atoms with Gasteiger partial charge in [0.2, 0.25) is 0 Å². The first kappa shape index (κ1) is 12.7. The summed E-state index contributed by atoms with van der Waals surface area (Å²) in [6.07, 6.45) is 0. The molecule has 3 heteroatoms. The van der Waals surface area contributed by atoms with E-state index in [1.54, 1.807) is 19.2 Å². The fourth-order valence-corrected chi connectivity index (χ4v) is 2.59. The predicted molar refractivity (Wildman–Crippen MR) is 80.6 cm³/mol. The van der Waals surface area contributed by atoms with Crippen molar-refractivity contribution >= 4 is 21.7 Å². The van der Waals surface area contributed by atoms with Crippen LogP contribution in [0.4, 0.5) is 0 Å². The van der Waals surface area contributed by atoms with Gasteiger partial charge in [0, 0.05) is 16.8 Å². The molecule has 0 unspecified atom stereocenters. The molecule has 0 saturated carbocycles. The maximum absolute atomic E-state index is 12.1.